The van der Waals surface area contributed by atoms with Crippen molar-refractivity contribution in [2.75, 3.05) is 5.32 Å². The molecule has 1 spiro atoms. The van der Waals surface area contributed by atoms with Crippen LogP contribution >= 0.6 is 11.6 Å². The Morgan fingerprint density at radius 2 is 1.72 bits per heavy atom. The fourth-order valence-corrected chi connectivity index (χ4v) is 5.82. The third kappa shape index (κ3) is 4.30. The molecule has 0 radical (unpaired) electrons. The first-order valence-corrected chi connectivity index (χ1v) is 12.6. The average Bonchev–Trinajstić information content (AvgIpc) is 3.14. The van der Waals surface area contributed by atoms with E-state index < -0.39 is 52.4 Å². The molecule has 39 heavy (non-hydrogen) atoms. The van der Waals surface area contributed by atoms with E-state index in [1.807, 2.05) is 0 Å². The number of nitrogens with one attached hydrogen (secondary N) is 2. The molecule has 1 saturated heterocycles. The molecule has 1 fully saturated rings. The number of fused-ring (bicyclic) bond motifs is 2. The van der Waals surface area contributed by atoms with E-state index in [2.05, 4.69) is 10.6 Å². The summed E-state index contributed by atoms with van der Waals surface area (Å²) in [6.45, 7) is 4.41. The summed E-state index contributed by atoms with van der Waals surface area (Å²) in [5.74, 6) is -4.48. The molecule has 3 atom stereocenters. The smallest absolute Gasteiger partial charge is 0.347 e. The monoisotopic (exact) mass is 554 g/mol. The summed E-state index contributed by atoms with van der Waals surface area (Å²) in [7, 11) is 0. The van der Waals surface area contributed by atoms with E-state index in [4.69, 9.17) is 16.3 Å². The van der Waals surface area contributed by atoms with Gasteiger partial charge in [0, 0.05) is 28.6 Å². The number of anilines is 1. The van der Waals surface area contributed by atoms with Gasteiger partial charge in [-0.05, 0) is 79.9 Å². The minimum absolute atomic E-state index is 0.00722. The third-order valence-electron chi connectivity index (χ3n) is 7.53. The SMILES string of the molecule is Cc1ccc(F)cc1C1NC(=O)CC(c2cc(F)ccc2OC(C)(C)C(=O)O)C12C(=O)Nc1cc(Cl)ccc12. The Morgan fingerprint density at radius 1 is 1.05 bits per heavy atom. The van der Waals surface area contributed by atoms with Crippen molar-refractivity contribution in [3.8, 4) is 5.75 Å². The number of ether oxygens (including phenoxy) is 1. The Kier molecular flexibility index (Phi) is 6.37. The summed E-state index contributed by atoms with van der Waals surface area (Å²) >= 11 is 6.23. The summed E-state index contributed by atoms with van der Waals surface area (Å²) in [6.07, 6.45) is -0.256. The number of aliphatic carboxylic acids is 1. The van der Waals surface area contributed by atoms with Crippen LogP contribution < -0.4 is 15.4 Å². The number of carbonyl (C=O) groups excluding carboxylic acids is 2. The topological polar surface area (TPSA) is 105 Å². The van der Waals surface area contributed by atoms with Crippen molar-refractivity contribution in [2.45, 2.75) is 50.2 Å². The number of rotatable bonds is 5. The Bertz CT molecular complexity index is 1540. The summed E-state index contributed by atoms with van der Waals surface area (Å²) in [4.78, 5) is 39.3. The van der Waals surface area contributed by atoms with Crippen LogP contribution in [-0.4, -0.2) is 28.5 Å². The average molecular weight is 555 g/mol. The van der Waals surface area contributed by atoms with Crippen molar-refractivity contribution in [1.82, 2.24) is 5.32 Å². The first-order valence-electron chi connectivity index (χ1n) is 12.2. The van der Waals surface area contributed by atoms with Crippen molar-refractivity contribution in [3.05, 3.63) is 93.5 Å². The molecule has 0 saturated carbocycles. The number of aryl methyl sites for hydroxylation is 1. The molecule has 3 N–H and O–H groups in total. The minimum Gasteiger partial charge on any atom is -0.478 e. The quantitative estimate of drug-likeness (QED) is 0.391. The normalized spacial score (nSPS) is 22.3. The van der Waals surface area contributed by atoms with Crippen LogP contribution in [0, 0.1) is 18.6 Å². The van der Waals surface area contributed by atoms with Crippen LogP contribution in [0.2, 0.25) is 5.02 Å². The summed E-state index contributed by atoms with van der Waals surface area (Å²) in [5, 5.41) is 15.8. The second-order valence-electron chi connectivity index (χ2n) is 10.4. The van der Waals surface area contributed by atoms with Crippen LogP contribution in [0.5, 0.6) is 5.75 Å². The van der Waals surface area contributed by atoms with Crippen LogP contribution in [0.3, 0.4) is 0 Å². The van der Waals surface area contributed by atoms with Crippen molar-refractivity contribution in [1.29, 1.82) is 0 Å². The molecule has 2 heterocycles. The number of hydrogen-bond donors (Lipinski definition) is 3. The lowest BCUT2D eigenvalue weighted by molar-refractivity contribution is -0.152. The maximum absolute atomic E-state index is 14.8. The van der Waals surface area contributed by atoms with Gasteiger partial charge in [-0.3, -0.25) is 9.59 Å². The number of carboxylic acid groups (broad SMARTS) is 1. The Morgan fingerprint density at radius 3 is 2.41 bits per heavy atom. The molecule has 7 nitrogen and oxygen atoms in total. The van der Waals surface area contributed by atoms with Crippen molar-refractivity contribution < 1.29 is 33.0 Å². The molecule has 3 unspecified atom stereocenters. The van der Waals surface area contributed by atoms with Crippen LogP contribution in [0.15, 0.2) is 54.6 Å². The maximum Gasteiger partial charge on any atom is 0.347 e. The van der Waals surface area contributed by atoms with Crippen LogP contribution in [0.4, 0.5) is 14.5 Å². The second kappa shape index (κ2) is 9.34. The highest BCUT2D eigenvalue weighted by Crippen LogP contribution is 2.59. The van der Waals surface area contributed by atoms with Gasteiger partial charge in [0.1, 0.15) is 22.8 Å². The van der Waals surface area contributed by atoms with E-state index in [1.54, 1.807) is 31.2 Å². The fraction of sp³-hybridized carbons (Fsp3) is 0.276. The number of halogens is 3. The Labute approximate surface area is 228 Å². The third-order valence-corrected chi connectivity index (χ3v) is 7.77. The zero-order valence-corrected chi connectivity index (χ0v) is 22.0. The summed E-state index contributed by atoms with van der Waals surface area (Å²) in [6, 6.07) is 11.4. The number of amides is 2. The first-order chi connectivity index (χ1) is 18.3. The van der Waals surface area contributed by atoms with E-state index in [0.29, 0.717) is 27.4 Å². The number of piperidine rings is 1. The summed E-state index contributed by atoms with van der Waals surface area (Å²) < 4.78 is 35.2. The predicted molar refractivity (Wildman–Crippen MR) is 140 cm³/mol. The van der Waals surface area contributed by atoms with E-state index in [1.165, 1.54) is 32.0 Å². The molecule has 2 aliphatic heterocycles. The Hall–Kier alpha value is -3.98. The molecule has 2 amide bonds. The summed E-state index contributed by atoms with van der Waals surface area (Å²) in [5.41, 5.74) is -1.29. The van der Waals surface area contributed by atoms with Crippen LogP contribution in [-0.2, 0) is 19.8 Å². The van der Waals surface area contributed by atoms with Crippen LogP contribution in [0.1, 0.15) is 54.5 Å². The lowest BCUT2D eigenvalue weighted by Crippen LogP contribution is -2.57. The van der Waals surface area contributed by atoms with Gasteiger partial charge in [0.05, 0.1) is 6.04 Å². The standard InChI is InChI=1S/C29H25ClF2N2O5/c1-14-4-6-16(31)11-18(14)25-29(20-8-5-15(30)10-22(20)33-26(29)36)21(13-24(35)34-25)19-12-17(32)7-9-23(19)39-28(2,3)27(37)38/h4-12,21,25H,13H2,1-3H3,(H,33,36)(H,34,35)(H,37,38). The molecule has 2 aliphatic rings. The number of carboxylic acids is 1. The van der Waals surface area contributed by atoms with E-state index in [0.717, 1.165) is 12.1 Å². The van der Waals surface area contributed by atoms with Gasteiger partial charge in [0.15, 0.2) is 5.60 Å². The van der Waals surface area contributed by atoms with E-state index >= 15 is 0 Å². The highest BCUT2D eigenvalue weighted by Gasteiger charge is 2.62. The van der Waals surface area contributed by atoms with Gasteiger partial charge in [0.25, 0.3) is 0 Å². The fourth-order valence-electron chi connectivity index (χ4n) is 5.65. The van der Waals surface area contributed by atoms with Crippen molar-refractivity contribution >= 4 is 35.1 Å². The molecule has 3 aromatic carbocycles. The second-order valence-corrected chi connectivity index (χ2v) is 10.8. The molecular weight excluding hydrogens is 530 g/mol. The van der Waals surface area contributed by atoms with Gasteiger partial charge in [0.2, 0.25) is 11.8 Å². The number of carbonyl (C=O) groups is 3. The van der Waals surface area contributed by atoms with E-state index in [-0.39, 0.29) is 17.7 Å². The number of benzene rings is 3. The molecule has 5 rings (SSSR count). The lowest BCUT2D eigenvalue weighted by atomic mass is 9.59. The minimum atomic E-state index is -1.71. The zero-order chi connectivity index (χ0) is 28.3. The van der Waals surface area contributed by atoms with Crippen molar-refractivity contribution in [2.24, 2.45) is 0 Å². The van der Waals surface area contributed by atoms with Gasteiger partial charge in [-0.1, -0.05) is 23.7 Å². The molecule has 202 valence electrons. The van der Waals surface area contributed by atoms with Crippen LogP contribution in [0.25, 0.3) is 0 Å². The first kappa shape index (κ1) is 26.6. The highest BCUT2D eigenvalue weighted by molar-refractivity contribution is 6.31. The molecule has 0 aliphatic carbocycles. The molecule has 0 aromatic heterocycles. The zero-order valence-electron chi connectivity index (χ0n) is 21.3. The number of hydrogen-bond acceptors (Lipinski definition) is 4. The van der Waals surface area contributed by atoms with Gasteiger partial charge in [-0.25, -0.2) is 13.6 Å². The largest absolute Gasteiger partial charge is 0.478 e. The van der Waals surface area contributed by atoms with Crippen molar-refractivity contribution in [3.63, 3.8) is 0 Å². The molecular formula is C29H25ClF2N2O5. The molecule has 10 heteroatoms. The lowest BCUT2D eigenvalue weighted by Gasteiger charge is -2.47. The maximum atomic E-state index is 14.8. The van der Waals surface area contributed by atoms with Gasteiger partial charge in [-0.2, -0.15) is 0 Å². The molecule has 0 bridgehead atoms. The van der Waals surface area contributed by atoms with E-state index in [9.17, 15) is 28.3 Å². The molecule has 3 aromatic rings. The Balaban J connectivity index is 1.82. The van der Waals surface area contributed by atoms with Gasteiger partial charge >= 0.3 is 5.97 Å². The highest BCUT2D eigenvalue weighted by atomic mass is 35.5. The predicted octanol–water partition coefficient (Wildman–Crippen LogP) is 5.40. The van der Waals surface area contributed by atoms with Gasteiger partial charge in [-0.15, -0.1) is 0 Å². The van der Waals surface area contributed by atoms with Gasteiger partial charge < -0.3 is 20.5 Å².